The molecular formula is C14H21N3O. The van der Waals surface area contributed by atoms with E-state index in [-0.39, 0.29) is 0 Å². The quantitative estimate of drug-likeness (QED) is 0.867. The van der Waals surface area contributed by atoms with Crippen molar-refractivity contribution >= 4 is 5.82 Å². The predicted octanol–water partition coefficient (Wildman–Crippen LogP) is 1.93. The van der Waals surface area contributed by atoms with Gasteiger partial charge in [0.25, 0.3) is 0 Å². The third-order valence-corrected chi connectivity index (χ3v) is 4.25. The van der Waals surface area contributed by atoms with Crippen molar-refractivity contribution in [2.45, 2.75) is 31.2 Å². The fraction of sp³-hybridized carbons (Fsp3) is 0.643. The van der Waals surface area contributed by atoms with Gasteiger partial charge in [-0.05, 0) is 44.5 Å². The van der Waals surface area contributed by atoms with Crippen molar-refractivity contribution in [3.8, 4) is 0 Å². The molecule has 0 amide bonds. The van der Waals surface area contributed by atoms with E-state index in [1.807, 2.05) is 6.20 Å². The van der Waals surface area contributed by atoms with Crippen molar-refractivity contribution in [3.05, 3.63) is 23.4 Å². The van der Waals surface area contributed by atoms with Gasteiger partial charge in [-0.15, -0.1) is 0 Å². The summed E-state index contributed by atoms with van der Waals surface area (Å²) >= 11 is 0. The van der Waals surface area contributed by atoms with Crippen LogP contribution in [0.3, 0.4) is 0 Å². The summed E-state index contributed by atoms with van der Waals surface area (Å²) in [6.45, 7) is 2.85. The number of likely N-dealkylation sites (tertiary alicyclic amines) is 1. The number of pyridine rings is 1. The van der Waals surface area contributed by atoms with E-state index in [0.29, 0.717) is 17.8 Å². The lowest BCUT2D eigenvalue weighted by Gasteiger charge is -2.22. The molecule has 0 bridgehead atoms. The maximum absolute atomic E-state index is 6.06. The smallest absolute Gasteiger partial charge is 0.128 e. The van der Waals surface area contributed by atoms with Gasteiger partial charge in [0, 0.05) is 30.3 Å². The van der Waals surface area contributed by atoms with Gasteiger partial charge in [-0.3, -0.25) is 4.90 Å². The van der Waals surface area contributed by atoms with Crippen LogP contribution in [0.15, 0.2) is 12.3 Å². The first-order valence-electron chi connectivity index (χ1n) is 6.79. The van der Waals surface area contributed by atoms with Crippen LogP contribution < -0.4 is 5.73 Å². The summed E-state index contributed by atoms with van der Waals surface area (Å²) in [6, 6.07) is 2.70. The molecular weight excluding hydrogens is 226 g/mol. The molecule has 1 aromatic rings. The third-order valence-electron chi connectivity index (χ3n) is 4.25. The second-order valence-electron chi connectivity index (χ2n) is 5.44. The van der Waals surface area contributed by atoms with Crippen LogP contribution in [0.1, 0.15) is 42.3 Å². The third kappa shape index (κ3) is 2.10. The molecule has 2 atom stereocenters. The summed E-state index contributed by atoms with van der Waals surface area (Å²) in [6.07, 6.45) is 5.46. The number of nitrogens with zero attached hydrogens (tertiary/aromatic N) is 2. The highest BCUT2D eigenvalue weighted by Crippen LogP contribution is 2.35. The summed E-state index contributed by atoms with van der Waals surface area (Å²) < 4.78 is 5.46. The van der Waals surface area contributed by atoms with E-state index in [1.54, 1.807) is 0 Å². The standard InChI is InChI=1S/C14H21N3O/c1-17-5-2-3-13(17)12-7-11(8-16-14(12)15)10-4-6-18-9-10/h7-8,10,13H,2-6,9H2,1H3,(H2,15,16)/t10?,13-/m0/s1. The highest BCUT2D eigenvalue weighted by Gasteiger charge is 2.26. The summed E-state index contributed by atoms with van der Waals surface area (Å²) in [5.74, 6) is 1.19. The molecule has 3 rings (SSSR count). The molecule has 4 heteroatoms. The Kier molecular flexibility index (Phi) is 3.22. The Balaban J connectivity index is 1.90. The number of hydrogen-bond acceptors (Lipinski definition) is 4. The van der Waals surface area contributed by atoms with Gasteiger partial charge < -0.3 is 10.5 Å². The monoisotopic (exact) mass is 247 g/mol. The van der Waals surface area contributed by atoms with Crippen LogP contribution in [0.2, 0.25) is 0 Å². The Morgan fingerprint density at radius 3 is 3.00 bits per heavy atom. The van der Waals surface area contributed by atoms with E-state index >= 15 is 0 Å². The molecule has 2 aliphatic rings. The summed E-state index contributed by atoms with van der Waals surface area (Å²) in [7, 11) is 2.17. The summed E-state index contributed by atoms with van der Waals surface area (Å²) in [5, 5.41) is 0. The fourth-order valence-electron chi connectivity index (χ4n) is 3.10. The van der Waals surface area contributed by atoms with Gasteiger partial charge in [-0.1, -0.05) is 0 Å². The molecule has 2 N–H and O–H groups in total. The fourth-order valence-corrected chi connectivity index (χ4v) is 3.10. The lowest BCUT2D eigenvalue weighted by molar-refractivity contribution is 0.194. The number of ether oxygens (including phenoxy) is 1. The van der Waals surface area contributed by atoms with Gasteiger partial charge in [0.05, 0.1) is 6.61 Å². The zero-order valence-electron chi connectivity index (χ0n) is 10.9. The average Bonchev–Trinajstić information content (AvgIpc) is 3.01. The minimum absolute atomic E-state index is 0.444. The molecule has 0 radical (unpaired) electrons. The van der Waals surface area contributed by atoms with E-state index in [1.165, 1.54) is 24.0 Å². The Morgan fingerprint density at radius 2 is 2.33 bits per heavy atom. The molecule has 98 valence electrons. The van der Waals surface area contributed by atoms with Gasteiger partial charge in [-0.25, -0.2) is 4.98 Å². The zero-order valence-corrected chi connectivity index (χ0v) is 10.9. The summed E-state index contributed by atoms with van der Waals surface area (Å²) in [4.78, 5) is 6.78. The van der Waals surface area contributed by atoms with Crippen LogP contribution in [0, 0.1) is 0 Å². The number of hydrogen-bond donors (Lipinski definition) is 1. The average molecular weight is 247 g/mol. The zero-order chi connectivity index (χ0) is 12.5. The van der Waals surface area contributed by atoms with Gasteiger partial charge in [0.15, 0.2) is 0 Å². The molecule has 3 heterocycles. The highest BCUT2D eigenvalue weighted by molar-refractivity contribution is 5.44. The second kappa shape index (κ2) is 4.86. The Labute approximate surface area is 108 Å². The largest absolute Gasteiger partial charge is 0.383 e. The first kappa shape index (κ1) is 11.9. The number of anilines is 1. The second-order valence-corrected chi connectivity index (χ2v) is 5.44. The minimum atomic E-state index is 0.444. The van der Waals surface area contributed by atoms with E-state index in [2.05, 4.69) is 23.0 Å². The molecule has 0 saturated carbocycles. The van der Waals surface area contributed by atoms with E-state index in [9.17, 15) is 0 Å². The minimum Gasteiger partial charge on any atom is -0.383 e. The molecule has 0 spiro atoms. The lowest BCUT2D eigenvalue weighted by Crippen LogP contribution is -2.19. The maximum Gasteiger partial charge on any atom is 0.128 e. The SMILES string of the molecule is CN1CCC[C@H]1c1cc(C2CCOC2)cnc1N. The molecule has 2 saturated heterocycles. The number of rotatable bonds is 2. The van der Waals surface area contributed by atoms with E-state index < -0.39 is 0 Å². The molecule has 1 aromatic heterocycles. The van der Waals surface area contributed by atoms with Crippen LogP contribution in [0.5, 0.6) is 0 Å². The van der Waals surface area contributed by atoms with Crippen molar-refractivity contribution in [2.24, 2.45) is 0 Å². The van der Waals surface area contributed by atoms with E-state index in [0.717, 1.165) is 26.2 Å². The van der Waals surface area contributed by atoms with Crippen LogP contribution >= 0.6 is 0 Å². The molecule has 0 aliphatic carbocycles. The van der Waals surface area contributed by atoms with Gasteiger partial charge in [0.2, 0.25) is 0 Å². The van der Waals surface area contributed by atoms with Crippen molar-refractivity contribution in [2.75, 3.05) is 32.5 Å². The Bertz CT molecular complexity index is 429. The Hall–Kier alpha value is -1.13. The molecule has 2 aliphatic heterocycles. The molecule has 18 heavy (non-hydrogen) atoms. The maximum atomic E-state index is 6.06. The van der Waals surface area contributed by atoms with Crippen molar-refractivity contribution in [3.63, 3.8) is 0 Å². The molecule has 4 nitrogen and oxygen atoms in total. The van der Waals surface area contributed by atoms with Crippen molar-refractivity contribution in [1.29, 1.82) is 0 Å². The van der Waals surface area contributed by atoms with Gasteiger partial charge in [0.1, 0.15) is 5.82 Å². The Morgan fingerprint density at radius 1 is 1.44 bits per heavy atom. The first-order valence-corrected chi connectivity index (χ1v) is 6.79. The van der Waals surface area contributed by atoms with Gasteiger partial charge >= 0.3 is 0 Å². The number of nitrogen functional groups attached to an aromatic ring is 1. The van der Waals surface area contributed by atoms with E-state index in [4.69, 9.17) is 10.5 Å². The predicted molar refractivity (Wildman–Crippen MR) is 71.4 cm³/mol. The molecule has 0 aromatic carbocycles. The highest BCUT2D eigenvalue weighted by atomic mass is 16.5. The van der Waals surface area contributed by atoms with Crippen molar-refractivity contribution in [1.82, 2.24) is 9.88 Å². The van der Waals surface area contributed by atoms with Crippen LogP contribution in [0.25, 0.3) is 0 Å². The van der Waals surface area contributed by atoms with Gasteiger partial charge in [-0.2, -0.15) is 0 Å². The topological polar surface area (TPSA) is 51.4 Å². The number of nitrogens with two attached hydrogens (primary N) is 1. The molecule has 2 fully saturated rings. The molecule has 1 unspecified atom stereocenters. The number of aromatic nitrogens is 1. The summed E-state index contributed by atoms with van der Waals surface area (Å²) in [5.41, 5.74) is 8.56. The lowest BCUT2D eigenvalue weighted by atomic mass is 9.96. The van der Waals surface area contributed by atoms with Crippen molar-refractivity contribution < 1.29 is 4.74 Å². The van der Waals surface area contributed by atoms with Crippen LogP contribution in [-0.4, -0.2) is 36.7 Å². The van der Waals surface area contributed by atoms with Crippen LogP contribution in [-0.2, 0) is 4.74 Å². The normalized spacial score (nSPS) is 28.9. The first-order chi connectivity index (χ1) is 8.75. The van der Waals surface area contributed by atoms with Crippen LogP contribution in [0.4, 0.5) is 5.82 Å².